The Morgan fingerprint density at radius 2 is 1.81 bits per heavy atom. The Hall–Kier alpha value is -1.88. The molecule has 3 saturated carbocycles. The molecular weight excluding hydrogens is 602 g/mol. The molecule has 0 radical (unpaired) electrons. The lowest BCUT2D eigenvalue weighted by Crippen LogP contribution is -2.69. The molecule has 268 valence electrons. The van der Waals surface area contributed by atoms with Crippen molar-refractivity contribution in [3.63, 3.8) is 0 Å². The van der Waals surface area contributed by atoms with Crippen molar-refractivity contribution in [2.75, 3.05) is 65.3 Å². The number of hydrogen-bond donors (Lipinski definition) is 1. The highest BCUT2D eigenvalue weighted by Gasteiger charge is 2.71. The zero-order chi connectivity index (χ0) is 34.3. The van der Waals surface area contributed by atoms with E-state index in [2.05, 4.69) is 86.8 Å². The third-order valence-electron chi connectivity index (χ3n) is 16.1. The van der Waals surface area contributed by atoms with Gasteiger partial charge in [0.1, 0.15) is 12.3 Å². The van der Waals surface area contributed by atoms with Gasteiger partial charge in [0, 0.05) is 49.5 Å². The minimum absolute atomic E-state index is 0.000830. The van der Waals surface area contributed by atoms with E-state index >= 15 is 0 Å². The molecule has 2 saturated heterocycles. The van der Waals surface area contributed by atoms with E-state index in [1.54, 1.807) is 10.4 Å². The molecule has 2 N–H and O–H groups in total. The Bertz CT molecular complexity index is 1390. The second kappa shape index (κ2) is 12.1. The maximum absolute atomic E-state index is 13.3. The maximum atomic E-state index is 13.3. The highest BCUT2D eigenvalue weighted by Crippen LogP contribution is 2.75. The fourth-order valence-corrected chi connectivity index (χ4v) is 12.7. The predicted molar refractivity (Wildman–Crippen MR) is 187 cm³/mol. The lowest BCUT2D eigenvalue weighted by Gasteiger charge is -2.71. The second-order valence-corrected chi connectivity index (χ2v) is 18.4. The van der Waals surface area contributed by atoms with Gasteiger partial charge in [0.05, 0.1) is 25.9 Å². The molecule has 6 aliphatic rings. The molecular formula is C38H63N7O3. The van der Waals surface area contributed by atoms with Gasteiger partial charge in [-0.05, 0) is 90.7 Å². The van der Waals surface area contributed by atoms with E-state index in [9.17, 15) is 4.79 Å². The number of carbonyl (C=O) groups is 1. The van der Waals surface area contributed by atoms with Crippen molar-refractivity contribution >= 4 is 12.2 Å². The van der Waals surface area contributed by atoms with E-state index in [-0.39, 0.29) is 51.1 Å². The minimum Gasteiger partial charge on any atom is -0.380 e. The molecule has 7 rings (SSSR count). The largest absolute Gasteiger partial charge is 0.380 e. The topological polar surface area (TPSA) is 112 Å². The van der Waals surface area contributed by atoms with Crippen LogP contribution in [0.4, 0.5) is 5.95 Å². The van der Waals surface area contributed by atoms with Crippen molar-refractivity contribution in [1.82, 2.24) is 30.0 Å². The molecule has 11 atom stereocenters. The molecule has 0 spiro atoms. The van der Waals surface area contributed by atoms with Crippen molar-refractivity contribution in [3.05, 3.63) is 11.6 Å². The molecule has 4 aliphatic carbocycles. The highest BCUT2D eigenvalue weighted by atomic mass is 16.5. The maximum Gasteiger partial charge on any atom is 0.260 e. The van der Waals surface area contributed by atoms with Crippen LogP contribution in [0.3, 0.4) is 0 Å². The number of piperazine rings is 1. The van der Waals surface area contributed by atoms with Crippen molar-refractivity contribution in [3.8, 4) is 0 Å². The summed E-state index contributed by atoms with van der Waals surface area (Å²) in [4.78, 5) is 19.9. The van der Waals surface area contributed by atoms with Crippen molar-refractivity contribution in [2.24, 2.45) is 56.7 Å². The van der Waals surface area contributed by atoms with Crippen LogP contribution < -0.4 is 5.73 Å². The number of ether oxygens (including phenoxy) is 2. The fourth-order valence-electron chi connectivity index (χ4n) is 12.7. The summed E-state index contributed by atoms with van der Waals surface area (Å²) in [6.45, 7) is 24.2. The Morgan fingerprint density at radius 1 is 1.06 bits per heavy atom. The molecule has 10 heteroatoms. The second-order valence-electron chi connectivity index (χ2n) is 18.4. The predicted octanol–water partition coefficient (Wildman–Crippen LogP) is 5.13. The first-order valence-electron chi connectivity index (χ1n) is 19.0. The molecule has 0 aromatic carbocycles. The van der Waals surface area contributed by atoms with E-state index in [1.807, 2.05) is 0 Å². The number of hydrogen-bond acceptors (Lipinski definition) is 9. The van der Waals surface area contributed by atoms with Crippen LogP contribution in [0.5, 0.6) is 0 Å². The first kappa shape index (κ1) is 34.6. The summed E-state index contributed by atoms with van der Waals surface area (Å²) in [7, 11) is 2.20. The third-order valence-corrected chi connectivity index (χ3v) is 16.1. The number of nitrogens with zero attached hydrogens (tertiary/aromatic N) is 6. The molecule has 2 bridgehead atoms. The number of tetrazole rings is 1. The van der Waals surface area contributed by atoms with Gasteiger partial charge in [-0.25, -0.2) is 0 Å². The number of anilines is 1. The first-order chi connectivity index (χ1) is 22.7. The molecule has 0 amide bonds. The van der Waals surface area contributed by atoms with Crippen LogP contribution >= 0.6 is 0 Å². The number of aldehydes is 1. The van der Waals surface area contributed by atoms with Gasteiger partial charge in [-0.15, -0.1) is 5.10 Å². The average molecular weight is 666 g/mol. The van der Waals surface area contributed by atoms with Crippen LogP contribution in [0, 0.1) is 56.7 Å². The molecule has 48 heavy (non-hydrogen) atoms. The summed E-state index contributed by atoms with van der Waals surface area (Å²) in [5.41, 5.74) is 7.29. The van der Waals surface area contributed by atoms with Crippen LogP contribution in [0.25, 0.3) is 0 Å². The summed E-state index contributed by atoms with van der Waals surface area (Å²) < 4.78 is 13.7. The van der Waals surface area contributed by atoms with E-state index in [0.717, 1.165) is 77.9 Å². The Kier molecular flexibility index (Phi) is 8.73. The smallest absolute Gasteiger partial charge is 0.260 e. The van der Waals surface area contributed by atoms with Gasteiger partial charge in [0.15, 0.2) is 0 Å². The van der Waals surface area contributed by atoms with Crippen LogP contribution in [0.2, 0.25) is 0 Å². The van der Waals surface area contributed by atoms with E-state index < -0.39 is 0 Å². The lowest BCUT2D eigenvalue weighted by molar-refractivity contribution is -0.250. The molecule has 10 nitrogen and oxygen atoms in total. The van der Waals surface area contributed by atoms with Gasteiger partial charge < -0.3 is 24.9 Å². The SMILES string of the molecule is CC(C)[C@@H](C)[C@@]1(C)CC[C@]2(C)[C@H]3CC[C@@H]4[C@@]5(COC[C@@]4(C)[C@@H](OCCN4CCN(C)CC4)[C@H](n4nnc(N)n4)C5)C3=CC[C@@]2(C)[C@@H]1C=O. The monoisotopic (exact) mass is 665 g/mol. The number of nitrogen functional groups attached to an aromatic ring is 1. The van der Waals surface area contributed by atoms with Gasteiger partial charge in [0.25, 0.3) is 5.95 Å². The Balaban J connectivity index is 1.24. The van der Waals surface area contributed by atoms with Gasteiger partial charge in [-0.1, -0.05) is 65.2 Å². The summed E-state index contributed by atoms with van der Waals surface area (Å²) >= 11 is 0. The molecule has 1 aromatic heterocycles. The summed E-state index contributed by atoms with van der Waals surface area (Å²) in [5, 5.41) is 13.3. The number of likely N-dealkylation sites (N-methyl/N-ethyl adjacent to an activating group) is 1. The van der Waals surface area contributed by atoms with Crippen LogP contribution in [0.1, 0.15) is 93.0 Å². The van der Waals surface area contributed by atoms with E-state index in [1.165, 1.54) is 6.29 Å². The fraction of sp³-hybridized carbons (Fsp3) is 0.895. The minimum atomic E-state index is -0.206. The van der Waals surface area contributed by atoms with Gasteiger partial charge in [0.2, 0.25) is 0 Å². The zero-order valence-corrected chi connectivity index (χ0v) is 31.1. The van der Waals surface area contributed by atoms with Gasteiger partial charge in [-0.3, -0.25) is 4.90 Å². The standard InChI is InChI=1S/C38H63N7O3/c1-25(2)26(3)34(4)13-14-36(6)27-9-10-30-35(5)23-47-24-38(30,28(27)11-12-37(36,7)31(34)22-46)21-29(45-41-33(39)40-42-45)32(35)48-20-19-44-17-15-43(8)16-18-44/h11,22,25-27,29-32H,9-10,12-21,23-24H2,1-8H3,(H2,39,41)/t26-,27+,29-,30+,31-,32+,34-,35-,36-,37+,38+/m1/s1. The molecule has 1 aromatic rings. The number of rotatable bonds is 8. The number of nitrogens with two attached hydrogens (primary N) is 1. The van der Waals surface area contributed by atoms with Crippen LogP contribution in [0.15, 0.2) is 11.6 Å². The summed E-state index contributed by atoms with van der Waals surface area (Å²) in [6.07, 6.45) is 10.2. The number of carbonyl (C=O) groups excluding carboxylic acids is 1. The highest BCUT2D eigenvalue weighted by molar-refractivity contribution is 5.59. The summed E-state index contributed by atoms with van der Waals surface area (Å²) in [6, 6.07) is -0.0857. The van der Waals surface area contributed by atoms with E-state index in [0.29, 0.717) is 36.9 Å². The molecule has 0 unspecified atom stereocenters. The lowest BCUT2D eigenvalue weighted by atomic mass is 9.34. The van der Waals surface area contributed by atoms with Gasteiger partial charge in [-0.2, -0.15) is 4.80 Å². The van der Waals surface area contributed by atoms with Crippen molar-refractivity contribution < 1.29 is 14.3 Å². The molecule has 3 heterocycles. The molecule has 5 fully saturated rings. The quantitative estimate of drug-likeness (QED) is 0.298. The van der Waals surface area contributed by atoms with Crippen molar-refractivity contribution in [1.29, 1.82) is 0 Å². The number of allylic oxidation sites excluding steroid dienone is 1. The zero-order valence-electron chi connectivity index (χ0n) is 31.1. The normalized spacial score (nSPS) is 45.5. The van der Waals surface area contributed by atoms with Crippen LogP contribution in [-0.4, -0.2) is 102 Å². The first-order valence-corrected chi connectivity index (χ1v) is 19.0. The van der Waals surface area contributed by atoms with E-state index in [4.69, 9.17) is 15.2 Å². The third kappa shape index (κ3) is 4.92. The Labute approximate surface area is 288 Å². The average Bonchev–Trinajstić information content (AvgIpc) is 3.49. The van der Waals surface area contributed by atoms with Crippen LogP contribution in [-0.2, 0) is 14.3 Å². The Morgan fingerprint density at radius 3 is 2.48 bits per heavy atom. The van der Waals surface area contributed by atoms with Gasteiger partial charge >= 0.3 is 0 Å². The number of fused-ring (bicyclic) bond motifs is 3. The molecule has 2 aliphatic heterocycles. The summed E-state index contributed by atoms with van der Waals surface area (Å²) in [5.74, 6) is 2.12. The van der Waals surface area contributed by atoms with Crippen molar-refractivity contribution in [2.45, 2.75) is 99.1 Å². The number of aromatic nitrogens is 4.